The van der Waals surface area contributed by atoms with Gasteiger partial charge in [-0.2, -0.15) is 4.37 Å². The van der Waals surface area contributed by atoms with Crippen LogP contribution in [0.3, 0.4) is 0 Å². The van der Waals surface area contributed by atoms with Gasteiger partial charge < -0.3 is 9.47 Å². The van der Waals surface area contributed by atoms with Crippen LogP contribution >= 0.6 is 11.5 Å². The summed E-state index contributed by atoms with van der Waals surface area (Å²) >= 11 is 1.28. The maximum Gasteiger partial charge on any atom is 0.254 e. The molecule has 0 spiro atoms. The maximum atomic E-state index is 13.6. The molecule has 0 saturated carbocycles. The first kappa shape index (κ1) is 20.7. The van der Waals surface area contributed by atoms with Gasteiger partial charge in [-0.1, -0.05) is 0 Å². The molecule has 8 nitrogen and oxygen atoms in total. The summed E-state index contributed by atoms with van der Waals surface area (Å²) in [5.74, 6) is 1.46. The zero-order valence-corrected chi connectivity index (χ0v) is 18.9. The molecule has 0 N–H and O–H groups in total. The van der Waals surface area contributed by atoms with Gasteiger partial charge in [0.25, 0.3) is 5.91 Å². The number of aromatic nitrogens is 4. The van der Waals surface area contributed by atoms with Crippen LogP contribution in [0.25, 0.3) is 10.8 Å². The van der Waals surface area contributed by atoms with E-state index >= 15 is 0 Å². The van der Waals surface area contributed by atoms with Gasteiger partial charge in [0.2, 0.25) is 5.91 Å². The fourth-order valence-corrected chi connectivity index (χ4v) is 5.23. The number of carbonyl (C=O) groups excluding carboxylic acids is 2. The van der Waals surface area contributed by atoms with E-state index in [0.717, 1.165) is 12.1 Å². The van der Waals surface area contributed by atoms with E-state index in [1.165, 1.54) is 29.7 Å². The minimum Gasteiger partial charge on any atom is -0.328 e. The van der Waals surface area contributed by atoms with Gasteiger partial charge >= 0.3 is 0 Å². The lowest BCUT2D eigenvalue weighted by Crippen LogP contribution is -2.42. The molecule has 4 heterocycles. The van der Waals surface area contributed by atoms with Gasteiger partial charge in [-0.15, -0.1) is 0 Å². The summed E-state index contributed by atoms with van der Waals surface area (Å²) in [6, 6.07) is 3.89. The first-order valence-corrected chi connectivity index (χ1v) is 11.4. The summed E-state index contributed by atoms with van der Waals surface area (Å²) in [7, 11) is 0. The van der Waals surface area contributed by atoms with Gasteiger partial charge in [-0.3, -0.25) is 14.5 Å². The quantitative estimate of drug-likeness (QED) is 0.605. The second-order valence-corrected chi connectivity index (χ2v) is 8.98. The largest absolute Gasteiger partial charge is 0.328 e. The highest BCUT2D eigenvalue weighted by Gasteiger charge is 2.38. The van der Waals surface area contributed by atoms with Crippen LogP contribution < -0.4 is 4.90 Å². The van der Waals surface area contributed by atoms with Crippen LogP contribution in [0, 0.1) is 19.7 Å². The Balaban J connectivity index is 1.59. The van der Waals surface area contributed by atoms with Gasteiger partial charge in [-0.25, -0.2) is 14.4 Å². The zero-order chi connectivity index (χ0) is 22.6. The minimum atomic E-state index is -0.365. The van der Waals surface area contributed by atoms with Crippen molar-refractivity contribution in [3.05, 3.63) is 46.7 Å². The van der Waals surface area contributed by atoms with Gasteiger partial charge in [0, 0.05) is 31.6 Å². The van der Waals surface area contributed by atoms with E-state index in [0.29, 0.717) is 59.7 Å². The number of aryl methyl sites for hydroxylation is 2. The second-order valence-electron chi connectivity index (χ2n) is 8.23. The molecule has 0 bridgehead atoms. The Bertz CT molecular complexity index is 1240. The Hall–Kier alpha value is -3.14. The molecule has 10 heteroatoms. The molecule has 1 unspecified atom stereocenters. The Morgan fingerprint density at radius 3 is 2.66 bits per heavy atom. The van der Waals surface area contributed by atoms with E-state index < -0.39 is 0 Å². The van der Waals surface area contributed by atoms with Crippen molar-refractivity contribution >= 4 is 29.2 Å². The molecule has 2 amide bonds. The van der Waals surface area contributed by atoms with Crippen LogP contribution in [-0.2, 0) is 11.3 Å². The lowest BCUT2D eigenvalue weighted by molar-refractivity contribution is -0.117. The average Bonchev–Trinajstić information content (AvgIpc) is 3.46. The van der Waals surface area contributed by atoms with Crippen molar-refractivity contribution in [2.45, 2.75) is 46.2 Å². The highest BCUT2D eigenvalue weighted by Crippen LogP contribution is 2.39. The molecule has 2 aliphatic heterocycles. The number of amides is 2. The lowest BCUT2D eigenvalue weighted by Gasteiger charge is -2.36. The summed E-state index contributed by atoms with van der Waals surface area (Å²) in [6.07, 6.45) is 1.27. The van der Waals surface area contributed by atoms with E-state index in [2.05, 4.69) is 13.9 Å². The van der Waals surface area contributed by atoms with Gasteiger partial charge in [0.15, 0.2) is 16.6 Å². The summed E-state index contributed by atoms with van der Waals surface area (Å²) in [4.78, 5) is 38.8. The number of halogens is 1. The molecule has 166 valence electrons. The summed E-state index contributed by atoms with van der Waals surface area (Å²) in [6.45, 7) is 7.11. The lowest BCUT2D eigenvalue weighted by atomic mass is 10.0. The maximum absolute atomic E-state index is 13.6. The smallest absolute Gasteiger partial charge is 0.254 e. The highest BCUT2D eigenvalue weighted by atomic mass is 32.1. The Morgan fingerprint density at radius 1 is 1.19 bits per heavy atom. The number of hydrogen-bond donors (Lipinski definition) is 0. The first-order chi connectivity index (χ1) is 15.3. The van der Waals surface area contributed by atoms with E-state index in [1.807, 2.05) is 13.8 Å². The number of fused-ring (bicyclic) bond motifs is 1. The van der Waals surface area contributed by atoms with Crippen molar-refractivity contribution < 1.29 is 14.0 Å². The summed E-state index contributed by atoms with van der Waals surface area (Å²) in [5, 5.41) is 0.697. The standard InChI is InChI=1S/C22H23FN6O2S/c1-12-11-15(23)6-7-16(12)22(31)27-9-10-29-18(13(27)2)19(28-8-4-5-17(28)30)25-20(29)21-24-14(3)26-32-21/h6-7,11,13H,4-5,8-10H2,1-3H3. The molecule has 1 fully saturated rings. The molecular weight excluding hydrogens is 431 g/mol. The van der Waals surface area contributed by atoms with Crippen LogP contribution in [0.5, 0.6) is 0 Å². The number of benzene rings is 1. The molecule has 32 heavy (non-hydrogen) atoms. The summed E-state index contributed by atoms with van der Waals surface area (Å²) in [5.41, 5.74) is 1.90. The fourth-order valence-electron chi connectivity index (χ4n) is 4.56. The normalized spacial score (nSPS) is 18.4. The van der Waals surface area contributed by atoms with Crippen LogP contribution in [0.4, 0.5) is 10.2 Å². The number of nitrogens with zero attached hydrogens (tertiary/aromatic N) is 6. The molecule has 3 aromatic rings. The number of rotatable bonds is 3. The third-order valence-corrected chi connectivity index (χ3v) is 6.95. The molecule has 1 saturated heterocycles. The average molecular weight is 455 g/mol. The van der Waals surface area contributed by atoms with Gasteiger partial charge in [-0.05, 0) is 62.5 Å². The second kappa shape index (κ2) is 7.77. The van der Waals surface area contributed by atoms with E-state index in [-0.39, 0.29) is 23.7 Å². The third kappa shape index (κ3) is 3.29. The van der Waals surface area contributed by atoms with Crippen molar-refractivity contribution in [1.82, 2.24) is 23.8 Å². The monoisotopic (exact) mass is 454 g/mol. The van der Waals surface area contributed by atoms with Crippen LogP contribution in [0.1, 0.15) is 53.2 Å². The summed E-state index contributed by atoms with van der Waals surface area (Å²) < 4.78 is 19.9. The zero-order valence-electron chi connectivity index (χ0n) is 18.1. The van der Waals surface area contributed by atoms with Crippen LogP contribution in [-0.4, -0.2) is 48.7 Å². The molecule has 2 aromatic heterocycles. The van der Waals surface area contributed by atoms with Gasteiger partial charge in [0.05, 0.1) is 11.7 Å². The Labute approximate surface area is 188 Å². The number of carbonyl (C=O) groups is 2. The fraction of sp³-hybridized carbons (Fsp3) is 0.409. The van der Waals surface area contributed by atoms with E-state index in [1.54, 1.807) is 16.7 Å². The molecule has 0 radical (unpaired) electrons. The van der Waals surface area contributed by atoms with Crippen molar-refractivity contribution in [3.8, 4) is 10.8 Å². The van der Waals surface area contributed by atoms with Crippen molar-refractivity contribution in [3.63, 3.8) is 0 Å². The first-order valence-electron chi connectivity index (χ1n) is 10.6. The molecule has 2 aliphatic rings. The third-order valence-electron chi connectivity index (χ3n) is 6.14. The van der Waals surface area contributed by atoms with Crippen LogP contribution in [0.15, 0.2) is 18.2 Å². The van der Waals surface area contributed by atoms with Crippen LogP contribution in [0.2, 0.25) is 0 Å². The predicted octanol–water partition coefficient (Wildman–Crippen LogP) is 3.50. The number of hydrogen-bond acceptors (Lipinski definition) is 6. The SMILES string of the molecule is Cc1nsc(-c2nc(N3CCCC3=O)c3n2CCN(C(=O)c2ccc(F)cc2C)C3C)n1. The Kier molecular flexibility index (Phi) is 5.04. The number of anilines is 1. The topological polar surface area (TPSA) is 84.2 Å². The number of imidazole rings is 1. The molecular formula is C22H23FN6O2S. The van der Waals surface area contributed by atoms with E-state index in [9.17, 15) is 14.0 Å². The molecule has 5 rings (SSSR count). The van der Waals surface area contributed by atoms with E-state index in [4.69, 9.17) is 4.98 Å². The minimum absolute atomic E-state index is 0.0379. The molecule has 1 aromatic carbocycles. The van der Waals surface area contributed by atoms with Crippen molar-refractivity contribution in [2.24, 2.45) is 0 Å². The Morgan fingerprint density at radius 2 is 2.00 bits per heavy atom. The highest BCUT2D eigenvalue weighted by molar-refractivity contribution is 7.09. The van der Waals surface area contributed by atoms with Gasteiger partial charge in [0.1, 0.15) is 11.6 Å². The van der Waals surface area contributed by atoms with Crippen molar-refractivity contribution in [1.29, 1.82) is 0 Å². The molecule has 0 aliphatic carbocycles. The predicted molar refractivity (Wildman–Crippen MR) is 118 cm³/mol. The molecule has 1 atom stereocenters. The van der Waals surface area contributed by atoms with Crippen molar-refractivity contribution in [2.75, 3.05) is 18.0 Å².